The summed E-state index contributed by atoms with van der Waals surface area (Å²) in [6, 6.07) is 11.2. The minimum Gasteiger partial charge on any atom is -0.508 e. The Hall–Kier alpha value is -7.05. The van der Waals surface area contributed by atoms with Gasteiger partial charge in [-0.05, 0) is 131 Å². The number of benzene rings is 3. The Morgan fingerprint density at radius 2 is 1.70 bits per heavy atom. The normalized spacial score (nSPS) is 20.2. The van der Waals surface area contributed by atoms with Crippen LogP contribution in [0.1, 0.15) is 91.4 Å². The van der Waals surface area contributed by atoms with Crippen LogP contribution in [0.3, 0.4) is 0 Å². The van der Waals surface area contributed by atoms with Crippen LogP contribution in [0.4, 0.5) is 20.3 Å². The van der Waals surface area contributed by atoms with E-state index in [1.54, 1.807) is 26.2 Å². The molecule has 7 aliphatic rings. The van der Waals surface area contributed by atoms with Gasteiger partial charge in [0, 0.05) is 115 Å². The summed E-state index contributed by atoms with van der Waals surface area (Å²) in [5.41, 5.74) is 3.55. The number of aromatic nitrogens is 3. The number of pyridine rings is 1. The predicted octanol–water partition coefficient (Wildman–Crippen LogP) is 6.35. The predicted molar refractivity (Wildman–Crippen MR) is 304 cm³/mol. The molecule has 12 rings (SSSR count). The molecule has 0 bridgehead atoms. The number of phenols is 1. The minimum atomic E-state index is -0.692. The summed E-state index contributed by atoms with van der Waals surface area (Å²) >= 11 is 0. The molecule has 3 amide bonds. The van der Waals surface area contributed by atoms with E-state index < -0.39 is 17.7 Å². The number of methoxy groups -OCH3 is 1. The molecule has 7 aliphatic heterocycles. The smallest absolute Gasteiger partial charge is 0.319 e. The largest absolute Gasteiger partial charge is 0.508 e. The number of aromatic hydroxyl groups is 1. The van der Waals surface area contributed by atoms with Crippen LogP contribution in [0, 0.1) is 29.9 Å². The Morgan fingerprint density at radius 1 is 0.938 bits per heavy atom. The van der Waals surface area contributed by atoms with E-state index in [9.17, 15) is 28.7 Å². The van der Waals surface area contributed by atoms with Gasteiger partial charge in [0.25, 0.3) is 5.91 Å². The van der Waals surface area contributed by atoms with Crippen molar-refractivity contribution in [3.05, 3.63) is 76.5 Å². The summed E-state index contributed by atoms with van der Waals surface area (Å²) in [6.45, 7) is 11.6. The van der Waals surface area contributed by atoms with Crippen molar-refractivity contribution in [3.63, 3.8) is 0 Å². The zero-order valence-corrected chi connectivity index (χ0v) is 46.8. The second-order valence-electron chi connectivity index (χ2n) is 22.4. The first-order valence-corrected chi connectivity index (χ1v) is 28.6. The molecule has 9 heterocycles. The van der Waals surface area contributed by atoms with E-state index in [0.29, 0.717) is 84.9 Å². The third-order valence-corrected chi connectivity index (χ3v) is 17.5. The highest BCUT2D eigenvalue weighted by atomic mass is 19.1. The van der Waals surface area contributed by atoms with Gasteiger partial charge in [-0.3, -0.25) is 24.2 Å². The zero-order chi connectivity index (χ0) is 56.8. The SMILES string of the molecule is C#Cc1c(F)ccc2cc(O)cc(-c3nc4c5c(nc(OCC67CCCN6CCC7)nc5c3F)N3CCCOCC3CC4)c12.CNC(=O)CCC(C=O)N1Cc2cc(N3CCN(CC4CCN(C=O)CC4)CC3)ccc2C1=O.COC. The average Bonchev–Trinajstić information content (AvgIpc) is 4.01. The first-order chi connectivity index (χ1) is 39.4. The van der Waals surface area contributed by atoms with Crippen LogP contribution >= 0.6 is 0 Å². The Labute approximate surface area is 472 Å². The molecule has 20 heteroatoms. The number of aryl methyl sites for hydroxylation is 1. The Kier molecular flexibility index (Phi) is 17.9. The number of nitrogens with one attached hydrogen (secondary N) is 1. The number of carbonyl (C=O) groups is 4. The molecule has 2 aromatic heterocycles. The van der Waals surface area contributed by atoms with Crippen LogP contribution in [0.15, 0.2) is 42.5 Å². The van der Waals surface area contributed by atoms with E-state index in [1.807, 2.05) is 17.0 Å². The molecule has 5 aromatic rings. The number of piperazine rings is 1. The van der Waals surface area contributed by atoms with Crippen molar-refractivity contribution in [2.75, 3.05) is 116 Å². The van der Waals surface area contributed by atoms with Crippen LogP contribution in [-0.4, -0.2) is 188 Å². The van der Waals surface area contributed by atoms with Gasteiger partial charge in [-0.25, -0.2) is 13.8 Å². The van der Waals surface area contributed by atoms with Crippen molar-refractivity contribution in [2.24, 2.45) is 5.92 Å². The molecule has 0 spiro atoms. The molecular weight excluding hydrogens is 1040 g/mol. The van der Waals surface area contributed by atoms with Crippen molar-refractivity contribution in [3.8, 4) is 35.4 Å². The number of hydrogen-bond donors (Lipinski definition) is 2. The standard InChI is InChI=1S/C34H33F2N5O3.C25H35N5O4.C2H6O/c1-2-23-25(35)8-6-20-16-22(42)17-24(27(20)23)30-29(36)31-28-26(37-30)9-7-21-18-43-15-5-14-41(21)32(28)39-33(38-31)44-19-34-10-3-12-40(34)13-4-11-34;1-26-24(33)5-3-22(17-31)30-16-20-14-21(2-4-23(20)25(30)34)29-12-10-27(11-13-29)15-19-6-8-28(18-32)9-7-19;1-3-2/h1,6,8,16-17,21,42H,3-5,7,9-15,18-19H2;2,4,14,17-19,22H,3,5-13,15-16H2,1H3,(H,26,33);1-2H3. The van der Waals surface area contributed by atoms with E-state index >= 15 is 4.39 Å². The Bertz CT molecular complexity index is 3170. The molecule has 2 N–H and O–H groups in total. The van der Waals surface area contributed by atoms with Gasteiger partial charge >= 0.3 is 6.01 Å². The molecule has 2 atom stereocenters. The summed E-state index contributed by atoms with van der Waals surface area (Å²) in [5.74, 6) is 2.01. The number of amides is 3. The number of fused-ring (bicyclic) bond motifs is 5. The summed E-state index contributed by atoms with van der Waals surface area (Å²) in [7, 11) is 4.81. The van der Waals surface area contributed by atoms with Gasteiger partial charge < -0.3 is 49.0 Å². The second kappa shape index (κ2) is 25.4. The molecule has 18 nitrogen and oxygen atoms in total. The number of terminal acetylenes is 1. The summed E-state index contributed by atoms with van der Waals surface area (Å²) in [6.07, 6.45) is 16.6. The van der Waals surface area contributed by atoms with Gasteiger partial charge in [0.1, 0.15) is 41.5 Å². The fraction of sp³-hybridized carbons (Fsp3) is 0.525. The maximum atomic E-state index is 17.0. The lowest BCUT2D eigenvalue weighted by molar-refractivity contribution is -0.121. The van der Waals surface area contributed by atoms with E-state index in [2.05, 4.69) is 41.6 Å². The van der Waals surface area contributed by atoms with Gasteiger partial charge in [0.05, 0.1) is 40.9 Å². The number of anilines is 2. The van der Waals surface area contributed by atoms with Gasteiger partial charge in [-0.1, -0.05) is 12.0 Å². The summed E-state index contributed by atoms with van der Waals surface area (Å²) < 4.78 is 48.4. The number of likely N-dealkylation sites (tertiary alicyclic amines) is 1. The number of ether oxygens (including phenoxy) is 3. The third kappa shape index (κ3) is 12.0. The Morgan fingerprint density at radius 3 is 2.42 bits per heavy atom. The molecular formula is C61H74F2N10O8. The molecule has 0 saturated carbocycles. The maximum absolute atomic E-state index is 17.0. The van der Waals surface area contributed by atoms with Crippen molar-refractivity contribution in [1.82, 2.24) is 39.9 Å². The monoisotopic (exact) mass is 1110 g/mol. The fourth-order valence-electron chi connectivity index (χ4n) is 13.2. The van der Waals surface area contributed by atoms with Gasteiger partial charge in [0.15, 0.2) is 5.82 Å². The maximum Gasteiger partial charge on any atom is 0.319 e. The molecule has 0 radical (unpaired) electrons. The van der Waals surface area contributed by atoms with Crippen LogP contribution in [-0.2, 0) is 36.8 Å². The number of piperidine rings is 1. The molecule has 5 fully saturated rings. The van der Waals surface area contributed by atoms with E-state index in [-0.39, 0.29) is 63.9 Å². The van der Waals surface area contributed by atoms with Crippen molar-refractivity contribution in [1.29, 1.82) is 0 Å². The van der Waals surface area contributed by atoms with Crippen molar-refractivity contribution < 1.29 is 47.3 Å². The quantitative estimate of drug-likeness (QED) is 0.0981. The van der Waals surface area contributed by atoms with Crippen molar-refractivity contribution in [2.45, 2.75) is 94.8 Å². The number of nitrogens with zero attached hydrogens (tertiary/aromatic N) is 9. The van der Waals surface area contributed by atoms with E-state index in [0.717, 1.165) is 134 Å². The fourth-order valence-corrected chi connectivity index (χ4v) is 13.2. The number of phenolic OH excluding ortho intramolecular Hbond substituents is 1. The van der Waals surface area contributed by atoms with E-state index in [1.165, 1.54) is 24.3 Å². The molecule has 430 valence electrons. The first kappa shape index (κ1) is 57.2. The number of carbonyl (C=O) groups excluding carboxylic acids is 4. The summed E-state index contributed by atoms with van der Waals surface area (Å²) in [5, 5.41) is 14.5. The van der Waals surface area contributed by atoms with Gasteiger partial charge in [-0.2, -0.15) is 9.97 Å². The van der Waals surface area contributed by atoms with Crippen LogP contribution in [0.2, 0.25) is 0 Å². The lowest BCUT2D eigenvalue weighted by atomic mass is 9.95. The lowest BCUT2D eigenvalue weighted by Crippen LogP contribution is -2.48. The number of rotatable bonds is 13. The highest BCUT2D eigenvalue weighted by molar-refractivity contribution is 6.04. The first-order valence-electron chi connectivity index (χ1n) is 28.6. The number of halogens is 2. The van der Waals surface area contributed by atoms with Gasteiger partial charge in [0.2, 0.25) is 12.3 Å². The second-order valence-corrected chi connectivity index (χ2v) is 22.4. The van der Waals surface area contributed by atoms with Gasteiger partial charge in [-0.15, -0.1) is 6.42 Å². The lowest BCUT2D eigenvalue weighted by Gasteiger charge is -2.39. The highest BCUT2D eigenvalue weighted by Crippen LogP contribution is 2.44. The zero-order valence-electron chi connectivity index (χ0n) is 46.8. The van der Waals surface area contributed by atoms with E-state index in [4.69, 9.17) is 30.8 Å². The summed E-state index contributed by atoms with van der Waals surface area (Å²) in [4.78, 5) is 74.5. The van der Waals surface area contributed by atoms with Crippen LogP contribution < -0.4 is 19.9 Å². The number of hydrogen-bond acceptors (Lipinski definition) is 15. The minimum absolute atomic E-state index is 0.0143. The topological polar surface area (TPSA) is 186 Å². The average molecular weight is 1110 g/mol. The highest BCUT2D eigenvalue weighted by Gasteiger charge is 2.45. The van der Waals surface area contributed by atoms with Crippen LogP contribution in [0.5, 0.6) is 11.8 Å². The molecule has 2 unspecified atom stereocenters. The third-order valence-electron chi connectivity index (χ3n) is 17.5. The van der Waals surface area contributed by atoms with Crippen molar-refractivity contribution >= 4 is 57.7 Å². The molecule has 0 aliphatic carbocycles. The van der Waals surface area contributed by atoms with Crippen LogP contribution in [0.25, 0.3) is 32.9 Å². The molecule has 5 saturated heterocycles. The molecule has 81 heavy (non-hydrogen) atoms. The molecule has 3 aromatic carbocycles. The number of aldehydes is 1. The Balaban J connectivity index is 0.000000179.